The summed E-state index contributed by atoms with van der Waals surface area (Å²) in [6, 6.07) is 0. The van der Waals surface area contributed by atoms with Gasteiger partial charge in [0.25, 0.3) is 0 Å². The van der Waals surface area contributed by atoms with Crippen LogP contribution in [0.4, 0.5) is 0 Å². The van der Waals surface area contributed by atoms with E-state index in [-0.39, 0.29) is 5.97 Å². The average Bonchev–Trinajstić information content (AvgIpc) is 2.28. The van der Waals surface area contributed by atoms with Crippen LogP contribution in [0, 0.1) is 0 Å². The molecule has 0 aliphatic rings. The summed E-state index contributed by atoms with van der Waals surface area (Å²) in [5, 5.41) is 0. The van der Waals surface area contributed by atoms with Crippen LogP contribution in [-0.2, 0) is 23.7 Å². The molecule has 0 saturated heterocycles. The number of carbonyl (C=O) groups excluding carboxylic acids is 1. The summed E-state index contributed by atoms with van der Waals surface area (Å²) < 4.78 is 18.9. The molecule has 0 atom stereocenters. The van der Waals surface area contributed by atoms with Gasteiger partial charge in [0.05, 0.1) is 32.8 Å². The Morgan fingerprint density at radius 2 is 1.50 bits per heavy atom. The van der Waals surface area contributed by atoms with Gasteiger partial charge >= 0.3 is 5.97 Å². The smallest absolute Gasteiger partial charge is 0.308 e. The van der Waals surface area contributed by atoms with Crippen molar-refractivity contribution >= 4 is 5.97 Å². The van der Waals surface area contributed by atoms with Gasteiger partial charge in [-0.3, -0.25) is 4.79 Å². The van der Waals surface area contributed by atoms with E-state index in [4.69, 9.17) is 4.74 Å². The third kappa shape index (κ3) is 19.0. The standard InChI is InChI=1S/C7H14O3.C4H10O2/c1-3-9-6-5-7(8)10-4-2;1-5-3-4-6-2/h3-6H2,1-2H3;3-4H2,1-2H3. The summed E-state index contributed by atoms with van der Waals surface area (Å²) in [6.07, 6.45) is 0.363. The molecule has 0 bridgehead atoms. The van der Waals surface area contributed by atoms with Crippen LogP contribution in [0.3, 0.4) is 0 Å². The Labute approximate surface area is 98.0 Å². The molecule has 0 rings (SSSR count). The molecule has 0 saturated carbocycles. The molecule has 16 heavy (non-hydrogen) atoms. The summed E-state index contributed by atoms with van der Waals surface area (Å²) >= 11 is 0. The number of rotatable bonds is 8. The maximum absolute atomic E-state index is 10.6. The first-order valence-corrected chi connectivity index (χ1v) is 5.44. The SMILES string of the molecule is CCOCCC(=O)OCC.COCCOC. The molecule has 0 aliphatic carbocycles. The maximum Gasteiger partial charge on any atom is 0.308 e. The molecule has 0 aromatic heterocycles. The van der Waals surface area contributed by atoms with Gasteiger partial charge in [-0.25, -0.2) is 0 Å². The highest BCUT2D eigenvalue weighted by Crippen LogP contribution is 1.86. The Bertz CT molecular complexity index is 134. The normalized spacial score (nSPS) is 9.25. The molecule has 0 N–H and O–H groups in total. The first kappa shape index (κ1) is 17.7. The minimum Gasteiger partial charge on any atom is -0.466 e. The van der Waals surface area contributed by atoms with Gasteiger partial charge in [-0.1, -0.05) is 0 Å². The summed E-state index contributed by atoms with van der Waals surface area (Å²) in [5.41, 5.74) is 0. The van der Waals surface area contributed by atoms with E-state index in [1.807, 2.05) is 6.92 Å². The van der Waals surface area contributed by atoms with E-state index in [1.165, 1.54) is 0 Å². The number of carbonyl (C=O) groups is 1. The molecule has 0 fully saturated rings. The van der Waals surface area contributed by atoms with Crippen LogP contribution in [0.5, 0.6) is 0 Å². The Hall–Kier alpha value is -0.650. The van der Waals surface area contributed by atoms with Gasteiger partial charge < -0.3 is 18.9 Å². The molecule has 0 aromatic carbocycles. The fourth-order valence-corrected chi connectivity index (χ4v) is 0.700. The second kappa shape index (κ2) is 16.8. The molecular weight excluding hydrogens is 212 g/mol. The first-order valence-electron chi connectivity index (χ1n) is 5.44. The highest BCUT2D eigenvalue weighted by molar-refractivity contribution is 5.69. The summed E-state index contributed by atoms with van der Waals surface area (Å²) in [7, 11) is 3.30. The van der Waals surface area contributed by atoms with Gasteiger partial charge in [0, 0.05) is 20.8 Å². The molecule has 0 radical (unpaired) electrons. The van der Waals surface area contributed by atoms with E-state index >= 15 is 0 Å². The molecule has 5 heteroatoms. The predicted molar refractivity (Wildman–Crippen MR) is 61.5 cm³/mol. The van der Waals surface area contributed by atoms with Gasteiger partial charge in [-0.15, -0.1) is 0 Å². The molecule has 5 nitrogen and oxygen atoms in total. The van der Waals surface area contributed by atoms with Crippen molar-refractivity contribution in [3.05, 3.63) is 0 Å². The molecule has 98 valence electrons. The van der Waals surface area contributed by atoms with Crippen LogP contribution in [0.1, 0.15) is 20.3 Å². The lowest BCUT2D eigenvalue weighted by atomic mass is 10.5. The third-order valence-corrected chi connectivity index (χ3v) is 1.45. The highest BCUT2D eigenvalue weighted by Gasteiger charge is 1.98. The fraction of sp³-hybridized carbons (Fsp3) is 0.909. The molecule has 0 spiro atoms. The summed E-state index contributed by atoms with van der Waals surface area (Å²) in [6.45, 7) is 6.64. The van der Waals surface area contributed by atoms with Crippen LogP contribution < -0.4 is 0 Å². The van der Waals surface area contributed by atoms with Crippen molar-refractivity contribution in [1.29, 1.82) is 0 Å². The predicted octanol–water partition coefficient (Wildman–Crippen LogP) is 1.26. The molecule has 0 unspecified atom stereocenters. The maximum atomic E-state index is 10.6. The number of hydrogen-bond donors (Lipinski definition) is 0. The minimum atomic E-state index is -0.184. The second-order valence-corrected chi connectivity index (χ2v) is 2.74. The van der Waals surface area contributed by atoms with Crippen LogP contribution >= 0.6 is 0 Å². The van der Waals surface area contributed by atoms with Crippen LogP contribution in [0.25, 0.3) is 0 Å². The lowest BCUT2D eigenvalue weighted by molar-refractivity contribution is -0.144. The van der Waals surface area contributed by atoms with E-state index in [0.717, 1.165) is 0 Å². The summed E-state index contributed by atoms with van der Waals surface area (Å²) in [5.74, 6) is -0.184. The van der Waals surface area contributed by atoms with Crippen molar-refractivity contribution in [2.75, 3.05) is 47.3 Å². The highest BCUT2D eigenvalue weighted by atomic mass is 16.5. The van der Waals surface area contributed by atoms with Gasteiger partial charge in [0.15, 0.2) is 0 Å². The van der Waals surface area contributed by atoms with E-state index in [2.05, 4.69) is 14.2 Å². The minimum absolute atomic E-state index is 0.184. The number of hydrogen-bond acceptors (Lipinski definition) is 5. The van der Waals surface area contributed by atoms with Gasteiger partial charge in [-0.05, 0) is 13.8 Å². The fourth-order valence-electron chi connectivity index (χ4n) is 0.700. The Morgan fingerprint density at radius 3 is 1.88 bits per heavy atom. The van der Waals surface area contributed by atoms with E-state index < -0.39 is 0 Å². The molecular formula is C11H24O5. The van der Waals surface area contributed by atoms with Crippen molar-refractivity contribution in [2.45, 2.75) is 20.3 Å². The zero-order valence-electron chi connectivity index (χ0n) is 10.8. The molecule has 0 amide bonds. The lowest BCUT2D eigenvalue weighted by Gasteiger charge is -2.00. The molecule has 0 aliphatic heterocycles. The van der Waals surface area contributed by atoms with Crippen molar-refractivity contribution in [3.8, 4) is 0 Å². The van der Waals surface area contributed by atoms with Crippen LogP contribution in [0.2, 0.25) is 0 Å². The first-order chi connectivity index (χ1) is 7.72. The van der Waals surface area contributed by atoms with Crippen molar-refractivity contribution in [3.63, 3.8) is 0 Å². The number of methoxy groups -OCH3 is 2. The van der Waals surface area contributed by atoms with E-state index in [9.17, 15) is 4.79 Å². The summed E-state index contributed by atoms with van der Waals surface area (Å²) in [4.78, 5) is 10.6. The lowest BCUT2D eigenvalue weighted by Crippen LogP contribution is -2.07. The van der Waals surface area contributed by atoms with Crippen molar-refractivity contribution < 1.29 is 23.7 Å². The van der Waals surface area contributed by atoms with Crippen molar-refractivity contribution in [2.24, 2.45) is 0 Å². The zero-order valence-corrected chi connectivity index (χ0v) is 10.8. The second-order valence-electron chi connectivity index (χ2n) is 2.74. The topological polar surface area (TPSA) is 54.0 Å². The van der Waals surface area contributed by atoms with Gasteiger partial charge in [0.2, 0.25) is 0 Å². The average molecular weight is 236 g/mol. The zero-order chi connectivity index (χ0) is 12.6. The number of esters is 1. The van der Waals surface area contributed by atoms with Gasteiger partial charge in [0.1, 0.15) is 0 Å². The van der Waals surface area contributed by atoms with E-state index in [1.54, 1.807) is 21.1 Å². The Kier molecular flexibility index (Phi) is 18.6. The van der Waals surface area contributed by atoms with Crippen molar-refractivity contribution in [1.82, 2.24) is 0 Å². The molecule has 0 aromatic rings. The largest absolute Gasteiger partial charge is 0.466 e. The quantitative estimate of drug-likeness (QED) is 0.469. The van der Waals surface area contributed by atoms with Crippen LogP contribution in [0.15, 0.2) is 0 Å². The van der Waals surface area contributed by atoms with E-state index in [0.29, 0.717) is 39.5 Å². The van der Waals surface area contributed by atoms with Crippen LogP contribution in [-0.4, -0.2) is 53.2 Å². The molecule has 0 heterocycles. The third-order valence-electron chi connectivity index (χ3n) is 1.45. The van der Waals surface area contributed by atoms with Gasteiger partial charge in [-0.2, -0.15) is 0 Å². The monoisotopic (exact) mass is 236 g/mol. The Balaban J connectivity index is 0. The number of ether oxygens (including phenoxy) is 4. The Morgan fingerprint density at radius 1 is 0.938 bits per heavy atom.